The Morgan fingerprint density at radius 3 is 1.48 bits per heavy atom. The summed E-state index contributed by atoms with van der Waals surface area (Å²) in [5.41, 5.74) is -1.15. The van der Waals surface area contributed by atoms with Gasteiger partial charge in [-0.25, -0.2) is 0 Å². The van der Waals surface area contributed by atoms with Crippen LogP contribution in [-0.4, -0.2) is 45.2 Å². The number of rotatable bonds is 6. The van der Waals surface area contributed by atoms with E-state index in [9.17, 15) is 9.59 Å². The van der Waals surface area contributed by atoms with Crippen molar-refractivity contribution in [2.75, 3.05) is 27.1 Å². The van der Waals surface area contributed by atoms with E-state index >= 15 is 0 Å². The van der Waals surface area contributed by atoms with Crippen LogP contribution in [0.4, 0.5) is 0 Å². The van der Waals surface area contributed by atoms with Crippen LogP contribution >= 0.6 is 0 Å². The van der Waals surface area contributed by atoms with Gasteiger partial charge in [0, 0.05) is 7.11 Å². The third kappa shape index (κ3) is 7.78. The molecule has 0 aromatic carbocycles. The van der Waals surface area contributed by atoms with Crippen LogP contribution in [0.1, 0.15) is 69.2 Å². The molecule has 0 bridgehead atoms. The van der Waals surface area contributed by atoms with Crippen molar-refractivity contribution in [2.24, 2.45) is 21.7 Å². The predicted octanol–water partition coefficient (Wildman–Crippen LogP) is 4.21. The summed E-state index contributed by atoms with van der Waals surface area (Å²) < 4.78 is 19.8. The minimum atomic E-state index is -0.495. The Labute approximate surface area is 165 Å². The molecule has 1 unspecified atom stereocenters. The highest BCUT2D eigenvalue weighted by Crippen LogP contribution is 2.39. The standard InChI is InChI=1S/C11H20O3.C10H20O3/c1-10(2,3)11(4,5)9(12)14-7-8-6-13-8;1-9(2,3)10(4,5)8(11)13-7-12-6/h8H,6-7H2,1-5H3;7H2,1-6H3. The molecule has 1 aliphatic heterocycles. The summed E-state index contributed by atoms with van der Waals surface area (Å²) in [6.45, 7) is 20.9. The Hall–Kier alpha value is -1.14. The molecule has 0 aromatic rings. The van der Waals surface area contributed by atoms with Crippen LogP contribution in [0.3, 0.4) is 0 Å². The van der Waals surface area contributed by atoms with E-state index in [1.165, 1.54) is 7.11 Å². The van der Waals surface area contributed by atoms with Crippen molar-refractivity contribution in [3.8, 4) is 0 Å². The zero-order valence-corrected chi connectivity index (χ0v) is 19.1. The second kappa shape index (κ2) is 9.37. The smallest absolute Gasteiger partial charge is 0.314 e. The number of hydrogen-bond acceptors (Lipinski definition) is 6. The van der Waals surface area contributed by atoms with Crippen LogP contribution < -0.4 is 0 Å². The molecule has 1 rings (SSSR count). The minimum Gasteiger partial charge on any atom is -0.462 e. The van der Waals surface area contributed by atoms with E-state index < -0.39 is 10.8 Å². The van der Waals surface area contributed by atoms with Crippen molar-refractivity contribution in [3.05, 3.63) is 0 Å². The van der Waals surface area contributed by atoms with Gasteiger partial charge in [0.1, 0.15) is 12.7 Å². The molecule has 6 heteroatoms. The average Bonchev–Trinajstić information content (AvgIpc) is 3.32. The maximum Gasteiger partial charge on any atom is 0.314 e. The van der Waals surface area contributed by atoms with Crippen molar-refractivity contribution in [3.63, 3.8) is 0 Å². The van der Waals surface area contributed by atoms with Gasteiger partial charge in [-0.2, -0.15) is 0 Å². The molecule has 0 spiro atoms. The average molecular weight is 389 g/mol. The zero-order chi connectivity index (χ0) is 21.7. The fraction of sp³-hybridized carbons (Fsp3) is 0.905. The number of carbonyl (C=O) groups is 2. The Kier molecular flexibility index (Phi) is 8.98. The van der Waals surface area contributed by atoms with Gasteiger partial charge in [0.15, 0.2) is 6.79 Å². The number of hydrogen-bond donors (Lipinski definition) is 0. The fourth-order valence-corrected chi connectivity index (χ4v) is 1.42. The summed E-state index contributed by atoms with van der Waals surface area (Å²) in [5, 5.41) is 0. The van der Waals surface area contributed by atoms with E-state index in [4.69, 9.17) is 14.2 Å². The molecule has 0 aliphatic carbocycles. The fourth-order valence-electron chi connectivity index (χ4n) is 1.42. The maximum absolute atomic E-state index is 11.8. The third-order valence-electron chi connectivity index (χ3n) is 5.88. The highest BCUT2D eigenvalue weighted by molar-refractivity contribution is 5.77. The van der Waals surface area contributed by atoms with Crippen LogP contribution in [0.15, 0.2) is 0 Å². The summed E-state index contributed by atoms with van der Waals surface area (Å²) in [6.07, 6.45) is 0.148. The highest BCUT2D eigenvalue weighted by Gasteiger charge is 2.42. The van der Waals surface area contributed by atoms with E-state index in [-0.39, 0.29) is 35.7 Å². The first-order valence-electron chi connectivity index (χ1n) is 9.43. The van der Waals surface area contributed by atoms with Gasteiger partial charge in [0.2, 0.25) is 0 Å². The van der Waals surface area contributed by atoms with Crippen LogP contribution in [0, 0.1) is 21.7 Å². The number of ether oxygens (including phenoxy) is 4. The monoisotopic (exact) mass is 388 g/mol. The van der Waals surface area contributed by atoms with E-state index in [2.05, 4.69) is 4.74 Å². The molecular weight excluding hydrogens is 348 g/mol. The number of esters is 2. The molecule has 160 valence electrons. The summed E-state index contributed by atoms with van der Waals surface area (Å²) in [7, 11) is 1.50. The van der Waals surface area contributed by atoms with E-state index in [0.717, 1.165) is 6.61 Å². The molecule has 0 saturated carbocycles. The molecule has 0 N–H and O–H groups in total. The van der Waals surface area contributed by atoms with Crippen LogP contribution in [0.2, 0.25) is 0 Å². The Bertz CT molecular complexity index is 490. The van der Waals surface area contributed by atoms with Crippen molar-refractivity contribution in [1.29, 1.82) is 0 Å². The van der Waals surface area contributed by atoms with Gasteiger partial charge in [0.05, 0.1) is 17.4 Å². The minimum absolute atomic E-state index is 0.0261. The first-order valence-corrected chi connectivity index (χ1v) is 9.43. The molecule has 1 heterocycles. The van der Waals surface area contributed by atoms with E-state index in [1.54, 1.807) is 0 Å². The SMILES string of the molecule is CC(C)(C)C(C)(C)C(=O)OCC1CO1.COCOC(=O)C(C)(C)C(C)(C)C. The van der Waals surface area contributed by atoms with Crippen LogP contribution in [0.5, 0.6) is 0 Å². The highest BCUT2D eigenvalue weighted by atomic mass is 16.7. The summed E-state index contributed by atoms with van der Waals surface area (Å²) in [6, 6.07) is 0. The van der Waals surface area contributed by atoms with Gasteiger partial charge in [0.25, 0.3) is 0 Å². The summed E-state index contributed by atoms with van der Waals surface area (Å²) in [5.74, 6) is -0.359. The molecule has 0 amide bonds. The van der Waals surface area contributed by atoms with Gasteiger partial charge in [-0.05, 0) is 38.5 Å². The lowest BCUT2D eigenvalue weighted by Crippen LogP contribution is -2.39. The molecule has 6 nitrogen and oxygen atoms in total. The molecule has 1 saturated heterocycles. The van der Waals surface area contributed by atoms with Crippen molar-refractivity contribution >= 4 is 11.9 Å². The lowest BCUT2D eigenvalue weighted by Gasteiger charge is -2.36. The molecule has 1 atom stereocenters. The lowest BCUT2D eigenvalue weighted by atomic mass is 9.69. The number of methoxy groups -OCH3 is 1. The molecule has 0 aromatic heterocycles. The quantitative estimate of drug-likeness (QED) is 0.385. The Morgan fingerprint density at radius 1 is 0.815 bits per heavy atom. The Balaban J connectivity index is 0.000000503. The van der Waals surface area contributed by atoms with Crippen LogP contribution in [0.25, 0.3) is 0 Å². The predicted molar refractivity (Wildman–Crippen MR) is 105 cm³/mol. The van der Waals surface area contributed by atoms with Gasteiger partial charge in [-0.1, -0.05) is 41.5 Å². The molecule has 1 fully saturated rings. The number of epoxide rings is 1. The third-order valence-corrected chi connectivity index (χ3v) is 5.88. The first kappa shape index (κ1) is 25.9. The topological polar surface area (TPSA) is 74.4 Å². The first-order chi connectivity index (χ1) is 12.0. The van der Waals surface area contributed by atoms with Gasteiger partial charge in [-0.3, -0.25) is 9.59 Å². The lowest BCUT2D eigenvalue weighted by molar-refractivity contribution is -0.170. The Morgan fingerprint density at radius 2 is 1.19 bits per heavy atom. The molecular formula is C21H40O6. The number of carbonyl (C=O) groups excluding carboxylic acids is 2. The van der Waals surface area contributed by atoms with Crippen LogP contribution in [-0.2, 0) is 28.5 Å². The van der Waals surface area contributed by atoms with Gasteiger partial charge < -0.3 is 18.9 Å². The van der Waals surface area contributed by atoms with Gasteiger partial charge >= 0.3 is 11.9 Å². The summed E-state index contributed by atoms with van der Waals surface area (Å²) in [4.78, 5) is 23.3. The zero-order valence-electron chi connectivity index (χ0n) is 19.1. The normalized spacial score (nSPS) is 17.5. The van der Waals surface area contributed by atoms with Crippen molar-refractivity contribution < 1.29 is 28.5 Å². The second-order valence-electron chi connectivity index (χ2n) is 10.1. The van der Waals surface area contributed by atoms with Crippen molar-refractivity contribution in [2.45, 2.75) is 75.3 Å². The van der Waals surface area contributed by atoms with Crippen molar-refractivity contribution in [1.82, 2.24) is 0 Å². The maximum atomic E-state index is 11.8. The summed E-state index contributed by atoms with van der Waals surface area (Å²) >= 11 is 0. The molecule has 1 aliphatic rings. The van der Waals surface area contributed by atoms with Gasteiger partial charge in [-0.15, -0.1) is 0 Å². The molecule has 27 heavy (non-hydrogen) atoms. The second-order valence-corrected chi connectivity index (χ2v) is 10.1. The van der Waals surface area contributed by atoms with E-state index in [1.807, 2.05) is 69.2 Å². The largest absolute Gasteiger partial charge is 0.462 e. The molecule has 0 radical (unpaired) electrons. The van der Waals surface area contributed by atoms with E-state index in [0.29, 0.717) is 6.61 Å².